The number of nitrogens with one attached hydrogen (secondary N) is 1. The molecule has 3 aromatic rings. The lowest BCUT2D eigenvalue weighted by Crippen LogP contribution is -2.28. The first-order valence-corrected chi connectivity index (χ1v) is 8.76. The van der Waals surface area contributed by atoms with Crippen molar-refractivity contribution in [3.05, 3.63) is 52.7 Å². The summed E-state index contributed by atoms with van der Waals surface area (Å²) in [5.74, 6) is 0.0332. The molecule has 0 radical (unpaired) electrons. The van der Waals surface area contributed by atoms with Crippen molar-refractivity contribution in [3.63, 3.8) is 0 Å². The van der Waals surface area contributed by atoms with Crippen LogP contribution in [0.1, 0.15) is 46.9 Å². The zero-order chi connectivity index (χ0) is 17.3. The third-order valence-electron chi connectivity index (χ3n) is 3.97. The van der Waals surface area contributed by atoms with E-state index >= 15 is 0 Å². The van der Waals surface area contributed by atoms with E-state index in [0.29, 0.717) is 11.6 Å². The van der Waals surface area contributed by atoms with Crippen LogP contribution in [0.25, 0.3) is 10.1 Å². The smallest absolute Gasteiger partial charge is 0.271 e. The summed E-state index contributed by atoms with van der Waals surface area (Å²) < 4.78 is 2.85. The van der Waals surface area contributed by atoms with E-state index in [1.807, 2.05) is 37.4 Å². The fourth-order valence-corrected chi connectivity index (χ4v) is 3.73. The van der Waals surface area contributed by atoms with Crippen molar-refractivity contribution in [2.75, 3.05) is 6.54 Å². The molecule has 0 aliphatic rings. The van der Waals surface area contributed by atoms with E-state index in [2.05, 4.69) is 24.3 Å². The first kappa shape index (κ1) is 16.7. The Morgan fingerprint density at radius 2 is 2.08 bits per heavy atom. The second kappa shape index (κ2) is 6.75. The predicted octanol–water partition coefficient (Wildman–Crippen LogP) is 3.22. The average molecular weight is 343 g/mol. The first-order chi connectivity index (χ1) is 11.5. The molecule has 0 aliphatic heterocycles. The Labute approximate surface area is 144 Å². The summed E-state index contributed by atoms with van der Waals surface area (Å²) in [7, 11) is 1.83. The highest BCUT2D eigenvalue weighted by Crippen LogP contribution is 2.29. The number of hydrogen-bond donors (Lipinski definition) is 2. The van der Waals surface area contributed by atoms with Crippen molar-refractivity contribution in [1.82, 2.24) is 15.1 Å². The number of amides is 1. The minimum absolute atomic E-state index is 0.166. The molecule has 2 heterocycles. The number of thiophene rings is 1. The molecule has 5 nitrogen and oxygen atoms in total. The highest BCUT2D eigenvalue weighted by molar-refractivity contribution is 7.19. The van der Waals surface area contributed by atoms with Gasteiger partial charge in [-0.05, 0) is 29.5 Å². The van der Waals surface area contributed by atoms with Gasteiger partial charge in [-0.3, -0.25) is 9.48 Å². The fourth-order valence-electron chi connectivity index (χ4n) is 2.68. The molecule has 0 spiro atoms. The van der Waals surface area contributed by atoms with Crippen molar-refractivity contribution in [1.29, 1.82) is 0 Å². The van der Waals surface area contributed by atoms with Gasteiger partial charge in [-0.1, -0.05) is 32.0 Å². The maximum absolute atomic E-state index is 12.2. The van der Waals surface area contributed by atoms with E-state index in [9.17, 15) is 9.90 Å². The number of carbonyl (C=O) groups is 1. The van der Waals surface area contributed by atoms with E-state index in [4.69, 9.17) is 0 Å². The van der Waals surface area contributed by atoms with Gasteiger partial charge in [0.05, 0.1) is 0 Å². The number of rotatable bonds is 5. The molecule has 2 aromatic heterocycles. The molecule has 126 valence electrons. The van der Waals surface area contributed by atoms with Crippen LogP contribution in [0, 0.1) is 0 Å². The second-order valence-electron chi connectivity index (χ2n) is 6.15. The SMILES string of the molecule is CC(C)c1cc(C(=O)NCC(O)c2cc3ccccc3s2)nn1C. The van der Waals surface area contributed by atoms with Gasteiger partial charge in [0.25, 0.3) is 5.91 Å². The molecular formula is C18H21N3O2S. The molecule has 1 unspecified atom stereocenters. The quantitative estimate of drug-likeness (QED) is 0.747. The minimum Gasteiger partial charge on any atom is -0.386 e. The van der Waals surface area contributed by atoms with Crippen LogP contribution in [0.5, 0.6) is 0 Å². The number of aryl methyl sites for hydroxylation is 1. The molecule has 0 saturated carbocycles. The summed E-state index contributed by atoms with van der Waals surface area (Å²) in [6.07, 6.45) is -0.723. The summed E-state index contributed by atoms with van der Waals surface area (Å²) in [6, 6.07) is 11.8. The predicted molar refractivity (Wildman–Crippen MR) is 96.4 cm³/mol. The van der Waals surface area contributed by atoms with Gasteiger partial charge in [-0.15, -0.1) is 11.3 Å². The molecule has 0 bridgehead atoms. The Balaban J connectivity index is 1.66. The van der Waals surface area contributed by atoms with Crippen LogP contribution >= 0.6 is 11.3 Å². The zero-order valence-electron chi connectivity index (χ0n) is 14.0. The monoisotopic (exact) mass is 343 g/mol. The van der Waals surface area contributed by atoms with Crippen LogP contribution in [0.4, 0.5) is 0 Å². The van der Waals surface area contributed by atoms with Crippen molar-refractivity contribution in [3.8, 4) is 0 Å². The van der Waals surface area contributed by atoms with Crippen molar-refractivity contribution in [2.24, 2.45) is 7.05 Å². The van der Waals surface area contributed by atoms with Crippen molar-refractivity contribution in [2.45, 2.75) is 25.9 Å². The Bertz CT molecular complexity index is 833. The Morgan fingerprint density at radius 3 is 2.75 bits per heavy atom. The van der Waals surface area contributed by atoms with E-state index in [-0.39, 0.29) is 12.5 Å². The number of hydrogen-bond acceptors (Lipinski definition) is 4. The number of aliphatic hydroxyl groups is 1. The second-order valence-corrected chi connectivity index (χ2v) is 7.26. The molecule has 1 amide bonds. The zero-order valence-corrected chi connectivity index (χ0v) is 14.8. The molecule has 0 aliphatic carbocycles. The maximum atomic E-state index is 12.2. The summed E-state index contributed by atoms with van der Waals surface area (Å²) >= 11 is 1.54. The molecule has 3 rings (SSSR count). The Hall–Kier alpha value is -2.18. The highest BCUT2D eigenvalue weighted by Gasteiger charge is 2.17. The van der Waals surface area contributed by atoms with Gasteiger partial charge in [-0.25, -0.2) is 0 Å². The molecule has 24 heavy (non-hydrogen) atoms. The van der Waals surface area contributed by atoms with Crippen LogP contribution in [0.15, 0.2) is 36.4 Å². The molecule has 2 N–H and O–H groups in total. The van der Waals surface area contributed by atoms with Crippen LogP contribution in [0.3, 0.4) is 0 Å². The average Bonchev–Trinajstić information content (AvgIpc) is 3.15. The minimum atomic E-state index is -0.723. The summed E-state index contributed by atoms with van der Waals surface area (Å²) in [5, 5.41) is 18.4. The molecule has 0 saturated heterocycles. The lowest BCUT2D eigenvalue weighted by atomic mass is 10.1. The van der Waals surface area contributed by atoms with E-state index in [1.54, 1.807) is 22.1 Å². The van der Waals surface area contributed by atoms with Gasteiger partial charge < -0.3 is 10.4 Å². The van der Waals surface area contributed by atoms with Crippen LogP contribution in [0.2, 0.25) is 0 Å². The van der Waals surface area contributed by atoms with Gasteiger partial charge in [0.2, 0.25) is 0 Å². The van der Waals surface area contributed by atoms with E-state index in [0.717, 1.165) is 20.7 Å². The molecule has 0 fully saturated rings. The largest absolute Gasteiger partial charge is 0.386 e. The molecular weight excluding hydrogens is 322 g/mol. The molecule has 1 atom stereocenters. The van der Waals surface area contributed by atoms with Gasteiger partial charge in [0.1, 0.15) is 11.8 Å². The summed E-state index contributed by atoms with van der Waals surface area (Å²) in [4.78, 5) is 13.1. The normalized spacial score (nSPS) is 12.7. The maximum Gasteiger partial charge on any atom is 0.271 e. The number of aromatic nitrogens is 2. The van der Waals surface area contributed by atoms with Gasteiger partial charge >= 0.3 is 0 Å². The number of benzene rings is 1. The highest BCUT2D eigenvalue weighted by atomic mass is 32.1. The first-order valence-electron chi connectivity index (χ1n) is 7.94. The van der Waals surface area contributed by atoms with Gasteiger partial charge in [-0.2, -0.15) is 5.10 Å². The van der Waals surface area contributed by atoms with Gasteiger partial charge in [0, 0.05) is 28.9 Å². The Kier molecular flexibility index (Phi) is 4.69. The third-order valence-corrected chi connectivity index (χ3v) is 5.19. The third kappa shape index (κ3) is 3.34. The fraction of sp³-hybridized carbons (Fsp3) is 0.333. The van der Waals surface area contributed by atoms with E-state index in [1.165, 1.54) is 0 Å². The number of aliphatic hydroxyl groups excluding tert-OH is 1. The lowest BCUT2D eigenvalue weighted by Gasteiger charge is -2.09. The van der Waals surface area contributed by atoms with Crippen molar-refractivity contribution < 1.29 is 9.90 Å². The van der Waals surface area contributed by atoms with Crippen LogP contribution < -0.4 is 5.32 Å². The Morgan fingerprint density at radius 1 is 1.33 bits per heavy atom. The van der Waals surface area contributed by atoms with Crippen molar-refractivity contribution >= 4 is 27.3 Å². The number of nitrogens with zero attached hydrogens (tertiary/aromatic N) is 2. The van der Waals surface area contributed by atoms with Crippen LogP contribution in [-0.2, 0) is 7.05 Å². The lowest BCUT2D eigenvalue weighted by molar-refractivity contribution is 0.0912. The van der Waals surface area contributed by atoms with E-state index < -0.39 is 6.10 Å². The molecule has 1 aromatic carbocycles. The number of carbonyl (C=O) groups excluding carboxylic acids is 1. The van der Waals surface area contributed by atoms with Gasteiger partial charge in [0.15, 0.2) is 0 Å². The number of fused-ring (bicyclic) bond motifs is 1. The summed E-state index contributed by atoms with van der Waals surface area (Å²) in [6.45, 7) is 4.28. The molecule has 6 heteroatoms. The van der Waals surface area contributed by atoms with Crippen LogP contribution in [-0.4, -0.2) is 27.3 Å². The summed E-state index contributed by atoms with van der Waals surface area (Å²) in [5.41, 5.74) is 1.38. The standard InChI is InChI=1S/C18H21N3O2S/c1-11(2)14-9-13(20-21(14)3)18(23)19-10-15(22)17-8-12-6-4-5-7-16(12)24-17/h4-9,11,15,22H,10H2,1-3H3,(H,19,23). The topological polar surface area (TPSA) is 67.2 Å².